The van der Waals surface area contributed by atoms with E-state index in [2.05, 4.69) is 67.8 Å². The van der Waals surface area contributed by atoms with E-state index in [1.807, 2.05) is 0 Å². The highest BCUT2D eigenvalue weighted by molar-refractivity contribution is 5.80. The van der Waals surface area contributed by atoms with Crippen molar-refractivity contribution in [1.82, 2.24) is 5.32 Å². The molecule has 9 unspecified atom stereocenters. The zero-order chi connectivity index (χ0) is 58.9. The summed E-state index contributed by atoms with van der Waals surface area (Å²) in [5.74, 6) is -0.711. The Morgan fingerprint density at radius 1 is 0.420 bits per heavy atom. The second-order valence-corrected chi connectivity index (χ2v) is 24.2. The van der Waals surface area contributed by atoms with Crippen LogP contribution in [0, 0.1) is 0 Å². The molecule has 8 N–H and O–H groups in total. The highest BCUT2D eigenvalue weighted by Crippen LogP contribution is 2.24. The largest absolute Gasteiger partial charge is 0.394 e. The summed E-state index contributed by atoms with van der Waals surface area (Å²) in [5, 5.41) is 76.4. The summed E-state index contributed by atoms with van der Waals surface area (Å²) in [6.45, 7) is 3.48. The van der Waals surface area contributed by atoms with Crippen molar-refractivity contribution in [3.8, 4) is 0 Å². The number of amides is 1. The van der Waals surface area contributed by atoms with Crippen LogP contribution in [-0.2, 0) is 14.3 Å². The molecule has 1 fully saturated rings. The minimum Gasteiger partial charge on any atom is -0.394 e. The molecule has 81 heavy (non-hydrogen) atoms. The number of nitrogens with one attached hydrogen (secondary N) is 1. The van der Waals surface area contributed by atoms with Gasteiger partial charge in [0.1, 0.15) is 36.6 Å². The normalized spacial score (nSPS) is 19.4. The molecule has 0 radical (unpaired) electrons. The number of hydrogen-bond donors (Lipinski definition) is 8. The first-order chi connectivity index (χ1) is 39.7. The lowest BCUT2D eigenvalue weighted by atomic mass is 9.98. The van der Waals surface area contributed by atoms with E-state index in [0.29, 0.717) is 19.3 Å². The average Bonchev–Trinajstić information content (AvgIpc) is 3.49. The van der Waals surface area contributed by atoms with E-state index in [0.717, 1.165) is 44.9 Å². The molecule has 0 saturated carbocycles. The van der Waals surface area contributed by atoms with Gasteiger partial charge >= 0.3 is 0 Å². The molecule has 9 atom stereocenters. The Morgan fingerprint density at radius 3 is 1.10 bits per heavy atom. The van der Waals surface area contributed by atoms with Crippen LogP contribution in [0.25, 0.3) is 0 Å². The van der Waals surface area contributed by atoms with Gasteiger partial charge in [-0.05, 0) is 89.9 Å². The third-order valence-corrected chi connectivity index (χ3v) is 16.6. The van der Waals surface area contributed by atoms with Crippen LogP contribution in [0.5, 0.6) is 0 Å². The molecule has 0 aromatic heterocycles. The number of hydrogen-bond acceptors (Lipinski definition) is 10. The van der Waals surface area contributed by atoms with Crippen LogP contribution in [-0.4, -0.2) is 110 Å². The Labute approximate surface area is 498 Å². The number of allylic oxidation sites excluding steroid dienone is 8. The highest BCUT2D eigenvalue weighted by atomic mass is 16.7. The zero-order valence-electron chi connectivity index (χ0n) is 52.5. The smallest absolute Gasteiger partial charge is 0.249 e. The predicted octanol–water partition coefficient (Wildman–Crippen LogP) is 16.4. The number of carbonyl (C=O) groups is 1. The van der Waals surface area contributed by atoms with Crippen molar-refractivity contribution in [3.63, 3.8) is 0 Å². The Hall–Kier alpha value is -1.93. The maximum absolute atomic E-state index is 13.2. The van der Waals surface area contributed by atoms with Crippen LogP contribution in [0.15, 0.2) is 48.6 Å². The molecule has 0 aromatic rings. The Morgan fingerprint density at radius 2 is 0.741 bits per heavy atom. The number of rotatable bonds is 60. The van der Waals surface area contributed by atoms with Crippen molar-refractivity contribution in [2.75, 3.05) is 13.2 Å². The van der Waals surface area contributed by atoms with Crippen LogP contribution in [0.2, 0.25) is 0 Å². The van der Waals surface area contributed by atoms with E-state index in [1.54, 1.807) is 0 Å². The molecule has 1 amide bonds. The van der Waals surface area contributed by atoms with Gasteiger partial charge in [0.25, 0.3) is 0 Å². The number of carbonyl (C=O) groups excluding carboxylic acids is 1. The minimum atomic E-state index is -1.68. The first-order valence-electron chi connectivity index (χ1n) is 34.5. The molecule has 1 rings (SSSR count). The lowest BCUT2D eigenvalue weighted by Crippen LogP contribution is -2.60. The Balaban J connectivity index is 2.26. The monoisotopic (exact) mass is 1150 g/mol. The number of aliphatic hydroxyl groups excluding tert-OH is 7. The van der Waals surface area contributed by atoms with E-state index < -0.39 is 74.2 Å². The lowest BCUT2D eigenvalue weighted by Gasteiger charge is -2.40. The molecule has 1 aliphatic heterocycles. The fourth-order valence-electron chi connectivity index (χ4n) is 11.0. The maximum atomic E-state index is 13.2. The van der Waals surface area contributed by atoms with Crippen molar-refractivity contribution in [2.24, 2.45) is 0 Å². The van der Waals surface area contributed by atoms with Crippen LogP contribution in [0.3, 0.4) is 0 Å². The second kappa shape index (κ2) is 58.5. The number of unbranched alkanes of at least 4 members (excludes halogenated alkanes) is 40. The maximum Gasteiger partial charge on any atom is 0.249 e. The van der Waals surface area contributed by atoms with Crippen molar-refractivity contribution in [3.05, 3.63) is 48.6 Å². The van der Waals surface area contributed by atoms with E-state index in [9.17, 15) is 40.5 Å². The van der Waals surface area contributed by atoms with E-state index in [1.165, 1.54) is 231 Å². The molecular weight excluding hydrogens is 1010 g/mol. The summed E-state index contributed by atoms with van der Waals surface area (Å²) in [6, 6.07) is -1.20. The quantitative estimate of drug-likeness (QED) is 0.0215. The molecule has 1 aliphatic rings. The van der Waals surface area contributed by atoms with Crippen LogP contribution in [0.1, 0.15) is 322 Å². The van der Waals surface area contributed by atoms with Gasteiger partial charge < -0.3 is 50.5 Å². The van der Waals surface area contributed by atoms with Crippen LogP contribution < -0.4 is 5.32 Å². The van der Waals surface area contributed by atoms with Gasteiger partial charge in [-0.1, -0.05) is 281 Å². The molecule has 11 heteroatoms. The molecule has 0 aliphatic carbocycles. The average molecular weight is 1150 g/mol. The standard InChI is InChI=1S/C70H131NO10/c1-3-5-7-9-11-13-15-17-19-21-23-25-27-29-30-31-32-34-35-37-39-41-43-45-47-49-51-53-55-57-62(73)65(75)61(60-80-70-68(78)67(77)66(76)64(59-72)81-70)71-69(79)63(74)58-56-54-52-50-48-46-44-42-40-38-36-33-28-26-24-22-20-18-16-14-12-10-8-6-4-2/h33-36,41,43,49,51,61-68,70,72-78H,3-32,37-40,42,44-48,50,52-60H2,1-2H3,(H,71,79)/b35-34+,36-33-,43-41+,51-49+. The van der Waals surface area contributed by atoms with Crippen molar-refractivity contribution in [2.45, 2.75) is 377 Å². The van der Waals surface area contributed by atoms with Gasteiger partial charge in [0.15, 0.2) is 6.29 Å². The first kappa shape index (κ1) is 77.1. The zero-order valence-corrected chi connectivity index (χ0v) is 52.5. The molecule has 1 heterocycles. The molecule has 1 saturated heterocycles. The summed E-state index contributed by atoms with van der Waals surface area (Å²) in [6.07, 6.45) is 64.8. The van der Waals surface area contributed by atoms with Gasteiger partial charge in [0.2, 0.25) is 5.91 Å². The minimum absolute atomic E-state index is 0.240. The van der Waals surface area contributed by atoms with Crippen molar-refractivity contribution < 1.29 is 50.0 Å². The molecular formula is C70H131NO10. The summed E-state index contributed by atoms with van der Waals surface area (Å²) >= 11 is 0. The summed E-state index contributed by atoms with van der Waals surface area (Å²) in [5.41, 5.74) is 0. The van der Waals surface area contributed by atoms with Gasteiger partial charge in [-0.3, -0.25) is 4.79 Å². The molecule has 0 aromatic carbocycles. The highest BCUT2D eigenvalue weighted by Gasteiger charge is 2.44. The van der Waals surface area contributed by atoms with Crippen LogP contribution in [0.4, 0.5) is 0 Å². The van der Waals surface area contributed by atoms with E-state index in [4.69, 9.17) is 9.47 Å². The second-order valence-electron chi connectivity index (χ2n) is 24.2. The van der Waals surface area contributed by atoms with Gasteiger partial charge in [-0.25, -0.2) is 0 Å². The summed E-state index contributed by atoms with van der Waals surface area (Å²) in [7, 11) is 0. The molecule has 0 spiro atoms. The molecule has 476 valence electrons. The lowest BCUT2D eigenvalue weighted by molar-refractivity contribution is -0.303. The van der Waals surface area contributed by atoms with Gasteiger partial charge in [0.05, 0.1) is 25.4 Å². The van der Waals surface area contributed by atoms with E-state index >= 15 is 0 Å². The van der Waals surface area contributed by atoms with E-state index in [-0.39, 0.29) is 12.8 Å². The van der Waals surface area contributed by atoms with Gasteiger partial charge in [-0.2, -0.15) is 0 Å². The fourth-order valence-corrected chi connectivity index (χ4v) is 11.0. The Kier molecular flexibility index (Phi) is 55.6. The fraction of sp³-hybridized carbons (Fsp3) is 0.871. The molecule has 11 nitrogen and oxygen atoms in total. The number of ether oxygens (including phenoxy) is 2. The third kappa shape index (κ3) is 46.0. The topological polar surface area (TPSA) is 189 Å². The van der Waals surface area contributed by atoms with Crippen LogP contribution >= 0.6 is 0 Å². The number of aliphatic hydroxyl groups is 7. The van der Waals surface area contributed by atoms with Crippen molar-refractivity contribution >= 4 is 5.91 Å². The van der Waals surface area contributed by atoms with Gasteiger partial charge in [0, 0.05) is 0 Å². The van der Waals surface area contributed by atoms with Crippen molar-refractivity contribution in [1.29, 1.82) is 0 Å². The first-order valence-corrected chi connectivity index (χ1v) is 34.5. The van der Waals surface area contributed by atoms with Gasteiger partial charge in [-0.15, -0.1) is 0 Å². The molecule has 0 bridgehead atoms. The summed E-state index contributed by atoms with van der Waals surface area (Å²) < 4.78 is 11.2. The third-order valence-electron chi connectivity index (χ3n) is 16.6. The Bertz CT molecular complexity index is 1460. The summed E-state index contributed by atoms with van der Waals surface area (Å²) in [4.78, 5) is 13.2. The predicted molar refractivity (Wildman–Crippen MR) is 339 cm³/mol. The SMILES string of the molecule is CCCCCCCCCCCCCC/C=C\CCCCCCCCCCCC(O)C(=O)NC(COC1OC(CO)C(O)C(O)C1O)C(O)C(O)CCC/C=C/CC/C=C/CC/C=C/CCCCCCCCCCCCCCCCCC.